The molecule has 0 amide bonds. The lowest BCUT2D eigenvalue weighted by atomic mass is 10.1. The SMILES string of the molecule is COc1c(C)ccc(NCc2csc3ccccc23)c1C. The first-order valence-corrected chi connectivity index (χ1v) is 7.92. The van der Waals surface area contributed by atoms with Gasteiger partial charge in [0.15, 0.2) is 0 Å². The van der Waals surface area contributed by atoms with Crippen LogP contribution < -0.4 is 10.1 Å². The number of rotatable bonds is 4. The van der Waals surface area contributed by atoms with Gasteiger partial charge < -0.3 is 10.1 Å². The molecule has 1 aromatic heterocycles. The summed E-state index contributed by atoms with van der Waals surface area (Å²) in [7, 11) is 1.73. The summed E-state index contributed by atoms with van der Waals surface area (Å²) >= 11 is 1.80. The maximum absolute atomic E-state index is 5.49. The summed E-state index contributed by atoms with van der Waals surface area (Å²) in [4.78, 5) is 0. The summed E-state index contributed by atoms with van der Waals surface area (Å²) in [5.41, 5.74) is 4.81. The number of nitrogens with one attached hydrogen (secondary N) is 1. The van der Waals surface area contributed by atoms with Crippen molar-refractivity contribution < 1.29 is 4.74 Å². The second-order valence-corrected chi connectivity index (χ2v) is 6.11. The van der Waals surface area contributed by atoms with Crippen LogP contribution in [0, 0.1) is 13.8 Å². The molecule has 108 valence electrons. The van der Waals surface area contributed by atoms with Crippen LogP contribution in [0.15, 0.2) is 41.8 Å². The molecule has 1 N–H and O–H groups in total. The molecule has 0 spiro atoms. The fraction of sp³-hybridized carbons (Fsp3) is 0.222. The monoisotopic (exact) mass is 297 g/mol. The number of methoxy groups -OCH3 is 1. The zero-order chi connectivity index (χ0) is 14.8. The van der Waals surface area contributed by atoms with E-state index in [1.807, 2.05) is 0 Å². The van der Waals surface area contributed by atoms with E-state index in [-0.39, 0.29) is 0 Å². The molecule has 0 saturated heterocycles. The highest BCUT2D eigenvalue weighted by atomic mass is 32.1. The van der Waals surface area contributed by atoms with Crippen LogP contribution >= 0.6 is 11.3 Å². The van der Waals surface area contributed by atoms with Gasteiger partial charge in [0.05, 0.1) is 7.11 Å². The zero-order valence-corrected chi connectivity index (χ0v) is 13.4. The maximum atomic E-state index is 5.49. The molecule has 0 aliphatic heterocycles. The molecule has 1 heterocycles. The normalized spacial score (nSPS) is 10.8. The minimum absolute atomic E-state index is 0.830. The van der Waals surface area contributed by atoms with Gasteiger partial charge in [-0.15, -0.1) is 11.3 Å². The molecule has 0 unspecified atom stereocenters. The summed E-state index contributed by atoms with van der Waals surface area (Å²) in [5.74, 6) is 0.968. The Bertz CT molecular complexity index is 776. The largest absolute Gasteiger partial charge is 0.496 e. The van der Waals surface area contributed by atoms with Gasteiger partial charge in [-0.3, -0.25) is 0 Å². The molecule has 0 bridgehead atoms. The molecule has 3 rings (SSSR count). The Hall–Kier alpha value is -2.00. The average Bonchev–Trinajstić information content (AvgIpc) is 2.90. The second kappa shape index (κ2) is 5.78. The lowest BCUT2D eigenvalue weighted by molar-refractivity contribution is 0.409. The summed E-state index contributed by atoms with van der Waals surface area (Å²) < 4.78 is 6.83. The van der Waals surface area contributed by atoms with Crippen molar-refractivity contribution in [3.05, 3.63) is 58.5 Å². The van der Waals surface area contributed by atoms with Crippen LogP contribution in [0.1, 0.15) is 16.7 Å². The first-order valence-electron chi connectivity index (χ1n) is 7.04. The van der Waals surface area contributed by atoms with E-state index < -0.39 is 0 Å². The summed E-state index contributed by atoms with van der Waals surface area (Å²) in [6.07, 6.45) is 0. The average molecular weight is 297 g/mol. The van der Waals surface area contributed by atoms with Crippen molar-refractivity contribution in [1.29, 1.82) is 0 Å². The lowest BCUT2D eigenvalue weighted by Gasteiger charge is -2.14. The fourth-order valence-corrected chi connectivity index (χ4v) is 3.66. The molecule has 2 aromatic carbocycles. The third-order valence-electron chi connectivity index (χ3n) is 3.84. The predicted octanol–water partition coefficient (Wildman–Crippen LogP) is 5.14. The van der Waals surface area contributed by atoms with Gasteiger partial charge >= 0.3 is 0 Å². The van der Waals surface area contributed by atoms with Gasteiger partial charge in [0, 0.05) is 22.5 Å². The molecule has 0 radical (unpaired) electrons. The minimum Gasteiger partial charge on any atom is -0.496 e. The van der Waals surface area contributed by atoms with E-state index in [1.165, 1.54) is 21.2 Å². The van der Waals surface area contributed by atoms with E-state index in [4.69, 9.17) is 4.74 Å². The van der Waals surface area contributed by atoms with Crippen LogP contribution in [-0.4, -0.2) is 7.11 Å². The quantitative estimate of drug-likeness (QED) is 0.720. The van der Waals surface area contributed by atoms with Gasteiger partial charge in [0.2, 0.25) is 0 Å². The van der Waals surface area contributed by atoms with Crippen LogP contribution in [-0.2, 0) is 6.54 Å². The number of anilines is 1. The van der Waals surface area contributed by atoms with E-state index in [0.29, 0.717) is 0 Å². The first-order chi connectivity index (χ1) is 10.2. The number of ether oxygens (including phenoxy) is 1. The van der Waals surface area contributed by atoms with Crippen molar-refractivity contribution in [1.82, 2.24) is 0 Å². The van der Waals surface area contributed by atoms with Crippen LogP contribution in [0.4, 0.5) is 5.69 Å². The van der Waals surface area contributed by atoms with Gasteiger partial charge in [0.25, 0.3) is 0 Å². The molecule has 0 aliphatic carbocycles. The lowest BCUT2D eigenvalue weighted by Crippen LogP contribution is -2.02. The van der Waals surface area contributed by atoms with Crippen molar-refractivity contribution in [2.45, 2.75) is 20.4 Å². The number of hydrogen-bond acceptors (Lipinski definition) is 3. The van der Waals surface area contributed by atoms with E-state index in [9.17, 15) is 0 Å². The van der Waals surface area contributed by atoms with Crippen LogP contribution in [0.5, 0.6) is 5.75 Å². The number of benzene rings is 2. The highest BCUT2D eigenvalue weighted by Gasteiger charge is 2.08. The summed E-state index contributed by atoms with van der Waals surface area (Å²) in [6.45, 7) is 5.00. The Labute approximate surface area is 129 Å². The van der Waals surface area contributed by atoms with Crippen molar-refractivity contribution >= 4 is 27.1 Å². The number of aryl methyl sites for hydroxylation is 1. The third-order valence-corrected chi connectivity index (χ3v) is 4.85. The van der Waals surface area contributed by atoms with Gasteiger partial charge in [-0.05, 0) is 47.9 Å². The van der Waals surface area contributed by atoms with Crippen molar-refractivity contribution in [2.75, 3.05) is 12.4 Å². The number of hydrogen-bond donors (Lipinski definition) is 1. The molecule has 2 nitrogen and oxygen atoms in total. The molecular weight excluding hydrogens is 278 g/mol. The van der Waals surface area contributed by atoms with Crippen molar-refractivity contribution in [2.24, 2.45) is 0 Å². The second-order valence-electron chi connectivity index (χ2n) is 5.20. The van der Waals surface area contributed by atoms with Crippen molar-refractivity contribution in [3.63, 3.8) is 0 Å². The smallest absolute Gasteiger partial charge is 0.126 e. The molecule has 3 heteroatoms. The zero-order valence-electron chi connectivity index (χ0n) is 12.6. The molecule has 0 aliphatic rings. The van der Waals surface area contributed by atoms with Gasteiger partial charge in [-0.1, -0.05) is 24.3 Å². The molecule has 0 fully saturated rings. The topological polar surface area (TPSA) is 21.3 Å². The Balaban J connectivity index is 1.85. The summed E-state index contributed by atoms with van der Waals surface area (Å²) in [6, 6.07) is 12.8. The van der Waals surface area contributed by atoms with E-state index >= 15 is 0 Å². The van der Waals surface area contributed by atoms with E-state index in [1.54, 1.807) is 18.4 Å². The number of thiophene rings is 1. The predicted molar refractivity (Wildman–Crippen MR) is 91.6 cm³/mol. The first kappa shape index (κ1) is 14.0. The third kappa shape index (κ3) is 2.61. The minimum atomic E-state index is 0.830. The van der Waals surface area contributed by atoms with Crippen LogP contribution in [0.2, 0.25) is 0 Å². The highest BCUT2D eigenvalue weighted by Crippen LogP contribution is 2.31. The van der Waals surface area contributed by atoms with Gasteiger partial charge in [0.1, 0.15) is 5.75 Å². The summed E-state index contributed by atoms with van der Waals surface area (Å²) in [5, 5.41) is 7.11. The van der Waals surface area contributed by atoms with Crippen LogP contribution in [0.25, 0.3) is 10.1 Å². The van der Waals surface area contributed by atoms with E-state index in [2.05, 4.69) is 60.9 Å². The molecule has 21 heavy (non-hydrogen) atoms. The molecule has 3 aromatic rings. The Morgan fingerprint density at radius 2 is 1.90 bits per heavy atom. The molecular formula is C18H19NOS. The molecule has 0 saturated carbocycles. The Morgan fingerprint density at radius 3 is 2.71 bits per heavy atom. The maximum Gasteiger partial charge on any atom is 0.126 e. The van der Waals surface area contributed by atoms with Crippen molar-refractivity contribution in [3.8, 4) is 5.75 Å². The van der Waals surface area contributed by atoms with Crippen LogP contribution in [0.3, 0.4) is 0 Å². The fourth-order valence-electron chi connectivity index (χ4n) is 2.69. The van der Waals surface area contributed by atoms with Gasteiger partial charge in [-0.2, -0.15) is 0 Å². The highest BCUT2D eigenvalue weighted by molar-refractivity contribution is 7.17. The Kier molecular flexibility index (Phi) is 3.84. The van der Waals surface area contributed by atoms with E-state index in [0.717, 1.165) is 23.5 Å². The van der Waals surface area contributed by atoms with Gasteiger partial charge in [-0.25, -0.2) is 0 Å². The molecule has 0 atom stereocenters. The number of fused-ring (bicyclic) bond motifs is 1. The Morgan fingerprint density at radius 1 is 1.10 bits per heavy atom. The standard InChI is InChI=1S/C18H19NOS/c1-12-8-9-16(13(2)18(12)20-3)19-10-14-11-21-17-7-5-4-6-15(14)17/h4-9,11,19H,10H2,1-3H3.